The number of nitrogens with zero attached hydrogens (tertiary/aromatic N) is 4. The fourth-order valence-electron chi connectivity index (χ4n) is 1.64. The molecule has 0 saturated carbocycles. The van der Waals surface area contributed by atoms with E-state index >= 15 is 0 Å². The van der Waals surface area contributed by atoms with Crippen molar-refractivity contribution in [1.29, 1.82) is 0 Å². The van der Waals surface area contributed by atoms with E-state index in [2.05, 4.69) is 15.2 Å². The van der Waals surface area contributed by atoms with E-state index in [1.165, 1.54) is 0 Å². The van der Waals surface area contributed by atoms with Gasteiger partial charge in [-0.3, -0.25) is 9.55 Å². The Morgan fingerprint density at radius 1 is 1.35 bits per heavy atom. The topological polar surface area (TPSA) is 80.9 Å². The molecule has 2 rings (SSSR count). The van der Waals surface area contributed by atoms with Crippen LogP contribution < -0.4 is 0 Å². The molecule has 0 bridgehead atoms. The Labute approximate surface area is 98.0 Å². The SMILES string of the molecule is Cc1nnc(-c2ccncc2)n1C(C)C(=O)O. The molecule has 0 spiro atoms. The minimum atomic E-state index is -0.914. The second-order valence-corrected chi connectivity index (χ2v) is 3.69. The molecule has 0 radical (unpaired) electrons. The molecule has 0 aromatic carbocycles. The molecule has 0 saturated heterocycles. The molecule has 0 aliphatic heterocycles. The van der Waals surface area contributed by atoms with Gasteiger partial charge in [-0.15, -0.1) is 10.2 Å². The minimum Gasteiger partial charge on any atom is -0.480 e. The standard InChI is InChI=1S/C11H12N4O2/c1-7(11(16)17)15-8(2)13-14-10(15)9-3-5-12-6-4-9/h3-7H,1-2H3,(H,16,17). The zero-order chi connectivity index (χ0) is 12.4. The zero-order valence-corrected chi connectivity index (χ0v) is 9.53. The Kier molecular flexibility index (Phi) is 2.86. The number of aryl methyl sites for hydroxylation is 1. The second kappa shape index (κ2) is 4.32. The van der Waals surface area contributed by atoms with Gasteiger partial charge in [-0.05, 0) is 26.0 Å². The number of pyridine rings is 1. The summed E-state index contributed by atoms with van der Waals surface area (Å²) in [5.41, 5.74) is 0.800. The first-order valence-electron chi connectivity index (χ1n) is 5.16. The van der Waals surface area contributed by atoms with E-state index < -0.39 is 12.0 Å². The third-order valence-electron chi connectivity index (χ3n) is 2.55. The van der Waals surface area contributed by atoms with Crippen LogP contribution in [-0.4, -0.2) is 30.8 Å². The Morgan fingerprint density at radius 3 is 2.59 bits per heavy atom. The van der Waals surface area contributed by atoms with Gasteiger partial charge in [0, 0.05) is 18.0 Å². The first kappa shape index (κ1) is 11.3. The molecule has 0 fully saturated rings. The maximum Gasteiger partial charge on any atom is 0.326 e. The largest absolute Gasteiger partial charge is 0.480 e. The van der Waals surface area contributed by atoms with Gasteiger partial charge in [0.25, 0.3) is 0 Å². The van der Waals surface area contributed by atoms with E-state index in [0.717, 1.165) is 5.56 Å². The normalized spacial score (nSPS) is 12.4. The Morgan fingerprint density at radius 2 is 2.00 bits per heavy atom. The highest BCUT2D eigenvalue weighted by Gasteiger charge is 2.21. The van der Waals surface area contributed by atoms with Gasteiger partial charge in [0.2, 0.25) is 0 Å². The number of hydrogen-bond acceptors (Lipinski definition) is 4. The van der Waals surface area contributed by atoms with Gasteiger partial charge in [0.1, 0.15) is 11.9 Å². The molecule has 2 aromatic heterocycles. The van der Waals surface area contributed by atoms with Crippen LogP contribution in [0.4, 0.5) is 0 Å². The number of carbonyl (C=O) groups is 1. The first-order chi connectivity index (χ1) is 8.11. The Hall–Kier alpha value is -2.24. The van der Waals surface area contributed by atoms with Gasteiger partial charge in [-0.25, -0.2) is 4.79 Å². The Balaban J connectivity index is 2.54. The molecule has 1 atom stereocenters. The highest BCUT2D eigenvalue weighted by molar-refractivity contribution is 5.72. The highest BCUT2D eigenvalue weighted by Crippen LogP contribution is 2.21. The summed E-state index contributed by atoms with van der Waals surface area (Å²) >= 11 is 0. The third kappa shape index (κ3) is 2.01. The third-order valence-corrected chi connectivity index (χ3v) is 2.55. The molecule has 1 N–H and O–H groups in total. The average molecular weight is 232 g/mol. The predicted octanol–water partition coefficient (Wildman–Crippen LogP) is 1.29. The van der Waals surface area contributed by atoms with Crippen LogP contribution in [0.1, 0.15) is 18.8 Å². The highest BCUT2D eigenvalue weighted by atomic mass is 16.4. The minimum absolute atomic E-state index is 0.541. The lowest BCUT2D eigenvalue weighted by atomic mass is 10.2. The van der Waals surface area contributed by atoms with Crippen LogP contribution in [0.3, 0.4) is 0 Å². The van der Waals surface area contributed by atoms with Gasteiger partial charge in [-0.1, -0.05) is 0 Å². The second-order valence-electron chi connectivity index (χ2n) is 3.69. The molecule has 6 heteroatoms. The van der Waals surface area contributed by atoms with Crippen molar-refractivity contribution in [2.45, 2.75) is 19.9 Å². The van der Waals surface area contributed by atoms with Crippen LogP contribution in [0.2, 0.25) is 0 Å². The summed E-state index contributed by atoms with van der Waals surface area (Å²) in [6.45, 7) is 3.33. The number of rotatable bonds is 3. The van der Waals surface area contributed by atoms with E-state index in [0.29, 0.717) is 11.6 Å². The van der Waals surface area contributed by atoms with Crippen LogP contribution in [0, 0.1) is 6.92 Å². The monoisotopic (exact) mass is 232 g/mol. The van der Waals surface area contributed by atoms with E-state index in [9.17, 15) is 4.79 Å². The summed E-state index contributed by atoms with van der Waals surface area (Å²) in [4.78, 5) is 15.0. The number of aliphatic carboxylic acids is 1. The fourth-order valence-corrected chi connectivity index (χ4v) is 1.64. The van der Waals surface area contributed by atoms with Crippen LogP contribution in [0.25, 0.3) is 11.4 Å². The number of carboxylic acid groups (broad SMARTS) is 1. The zero-order valence-electron chi connectivity index (χ0n) is 9.53. The van der Waals surface area contributed by atoms with Crippen LogP contribution >= 0.6 is 0 Å². The van der Waals surface area contributed by atoms with Crippen molar-refractivity contribution < 1.29 is 9.90 Å². The van der Waals surface area contributed by atoms with E-state index in [4.69, 9.17) is 5.11 Å². The van der Waals surface area contributed by atoms with Crippen LogP contribution in [-0.2, 0) is 4.79 Å². The Bertz CT molecular complexity index is 536. The smallest absolute Gasteiger partial charge is 0.326 e. The first-order valence-corrected chi connectivity index (χ1v) is 5.16. The van der Waals surface area contributed by atoms with Gasteiger partial charge in [-0.2, -0.15) is 0 Å². The number of hydrogen-bond donors (Lipinski definition) is 1. The van der Waals surface area contributed by atoms with Gasteiger partial charge < -0.3 is 5.11 Å². The maximum atomic E-state index is 11.0. The number of aromatic nitrogens is 4. The lowest BCUT2D eigenvalue weighted by Gasteiger charge is -2.12. The van der Waals surface area contributed by atoms with Crippen molar-refractivity contribution in [3.8, 4) is 11.4 Å². The van der Waals surface area contributed by atoms with E-state index in [1.54, 1.807) is 42.9 Å². The van der Waals surface area contributed by atoms with E-state index in [1.807, 2.05) is 0 Å². The molecule has 0 aliphatic rings. The lowest BCUT2D eigenvalue weighted by Crippen LogP contribution is -2.17. The van der Waals surface area contributed by atoms with Crippen molar-refractivity contribution in [1.82, 2.24) is 19.7 Å². The molecule has 1 unspecified atom stereocenters. The van der Waals surface area contributed by atoms with Gasteiger partial charge in [0.15, 0.2) is 5.82 Å². The molecular weight excluding hydrogens is 220 g/mol. The van der Waals surface area contributed by atoms with Crippen molar-refractivity contribution in [3.63, 3.8) is 0 Å². The summed E-state index contributed by atoms with van der Waals surface area (Å²) in [6.07, 6.45) is 3.27. The molecule has 88 valence electrons. The van der Waals surface area contributed by atoms with E-state index in [-0.39, 0.29) is 0 Å². The fraction of sp³-hybridized carbons (Fsp3) is 0.273. The van der Waals surface area contributed by atoms with Crippen molar-refractivity contribution in [2.24, 2.45) is 0 Å². The van der Waals surface area contributed by atoms with Gasteiger partial charge >= 0.3 is 5.97 Å². The van der Waals surface area contributed by atoms with Crippen LogP contribution in [0.15, 0.2) is 24.5 Å². The maximum absolute atomic E-state index is 11.0. The number of carboxylic acids is 1. The predicted molar refractivity (Wildman–Crippen MR) is 60.3 cm³/mol. The van der Waals surface area contributed by atoms with Crippen molar-refractivity contribution in [3.05, 3.63) is 30.4 Å². The van der Waals surface area contributed by atoms with Crippen molar-refractivity contribution in [2.75, 3.05) is 0 Å². The quantitative estimate of drug-likeness (QED) is 0.862. The summed E-state index contributed by atoms with van der Waals surface area (Å²) < 4.78 is 1.59. The molecule has 17 heavy (non-hydrogen) atoms. The van der Waals surface area contributed by atoms with Gasteiger partial charge in [0.05, 0.1) is 0 Å². The van der Waals surface area contributed by atoms with Crippen LogP contribution in [0.5, 0.6) is 0 Å². The molecular formula is C11H12N4O2. The summed E-state index contributed by atoms with van der Waals surface area (Å²) in [7, 11) is 0. The summed E-state index contributed by atoms with van der Waals surface area (Å²) in [5, 5.41) is 17.0. The average Bonchev–Trinajstić information content (AvgIpc) is 2.71. The molecule has 2 heterocycles. The summed E-state index contributed by atoms with van der Waals surface area (Å²) in [6, 6.07) is 2.84. The molecule has 6 nitrogen and oxygen atoms in total. The van der Waals surface area contributed by atoms with Crippen molar-refractivity contribution >= 4 is 5.97 Å². The lowest BCUT2D eigenvalue weighted by molar-refractivity contribution is -0.140. The summed E-state index contributed by atoms with van der Waals surface area (Å²) in [5.74, 6) is 0.203. The molecule has 2 aromatic rings. The molecule has 0 aliphatic carbocycles. The molecule has 0 amide bonds.